The summed E-state index contributed by atoms with van der Waals surface area (Å²) in [6, 6.07) is 20.7. The number of benzene rings is 3. The highest BCUT2D eigenvalue weighted by Gasteiger charge is 2.15. The van der Waals surface area contributed by atoms with E-state index < -0.39 is 12.2 Å². The molecular formula is C33H43N5O7. The summed E-state index contributed by atoms with van der Waals surface area (Å²) < 4.78 is 21.5. The summed E-state index contributed by atoms with van der Waals surface area (Å²) >= 11 is 0. The summed E-state index contributed by atoms with van der Waals surface area (Å²) in [7, 11) is 0. The van der Waals surface area contributed by atoms with Crippen molar-refractivity contribution >= 4 is 28.5 Å². The second kappa shape index (κ2) is 20.6. The molecule has 0 unspecified atom stereocenters. The van der Waals surface area contributed by atoms with E-state index in [1.165, 1.54) is 0 Å². The quantitative estimate of drug-likeness (QED) is 0.0650. The second-order valence-corrected chi connectivity index (χ2v) is 10.2. The van der Waals surface area contributed by atoms with Crippen LogP contribution in [0.25, 0.3) is 21.2 Å². The Kier molecular flexibility index (Phi) is 16.1. The molecule has 0 radical (unpaired) electrons. The van der Waals surface area contributed by atoms with Gasteiger partial charge in [0.1, 0.15) is 19.0 Å². The number of aliphatic hydroxyl groups excluding tert-OH is 1. The number of amides is 2. The molecule has 0 aliphatic carbocycles. The van der Waals surface area contributed by atoms with Crippen LogP contribution in [-0.4, -0.2) is 80.8 Å². The molecule has 0 saturated carbocycles. The first-order valence-corrected chi connectivity index (χ1v) is 15.3. The molecule has 3 aromatic rings. The van der Waals surface area contributed by atoms with E-state index >= 15 is 0 Å². The van der Waals surface area contributed by atoms with E-state index in [1.807, 2.05) is 49.4 Å². The van der Waals surface area contributed by atoms with Crippen LogP contribution in [0.5, 0.6) is 5.75 Å². The number of alkyl carbamates (subject to hydrolysis) is 1. The molecule has 12 heteroatoms. The van der Waals surface area contributed by atoms with Crippen molar-refractivity contribution in [1.82, 2.24) is 10.2 Å². The van der Waals surface area contributed by atoms with Crippen LogP contribution in [0.15, 0.2) is 71.8 Å². The highest BCUT2D eigenvalue weighted by molar-refractivity contribution is 5.88. The molecule has 2 amide bonds. The van der Waals surface area contributed by atoms with Gasteiger partial charge in [-0.1, -0.05) is 72.2 Å². The van der Waals surface area contributed by atoms with Gasteiger partial charge in [0.2, 0.25) is 5.91 Å². The van der Waals surface area contributed by atoms with E-state index in [4.69, 9.17) is 24.5 Å². The van der Waals surface area contributed by atoms with Gasteiger partial charge in [-0.25, -0.2) is 4.79 Å². The number of nitrogens with zero attached hydrogens (tertiary/aromatic N) is 4. The maximum Gasteiger partial charge on any atom is 0.407 e. The zero-order valence-corrected chi connectivity index (χ0v) is 25.8. The van der Waals surface area contributed by atoms with Gasteiger partial charge in [-0.05, 0) is 42.3 Å². The molecule has 0 aliphatic heterocycles. The zero-order valence-electron chi connectivity index (χ0n) is 25.8. The van der Waals surface area contributed by atoms with Gasteiger partial charge < -0.3 is 34.3 Å². The van der Waals surface area contributed by atoms with Gasteiger partial charge in [0, 0.05) is 48.6 Å². The number of hydrogen-bond acceptors (Lipinski definition) is 8. The number of rotatable bonds is 21. The summed E-state index contributed by atoms with van der Waals surface area (Å²) in [6.45, 7) is 4.78. The molecule has 12 nitrogen and oxygen atoms in total. The van der Waals surface area contributed by atoms with Crippen molar-refractivity contribution in [2.45, 2.75) is 45.3 Å². The fourth-order valence-corrected chi connectivity index (χ4v) is 4.54. The molecular weight excluding hydrogens is 578 g/mol. The van der Waals surface area contributed by atoms with Crippen molar-refractivity contribution in [2.24, 2.45) is 5.11 Å². The van der Waals surface area contributed by atoms with Crippen LogP contribution in [-0.2, 0) is 25.5 Å². The third-order valence-corrected chi connectivity index (χ3v) is 6.87. The van der Waals surface area contributed by atoms with Crippen LogP contribution in [0.4, 0.5) is 10.5 Å². The van der Waals surface area contributed by atoms with Gasteiger partial charge in [0.25, 0.3) is 0 Å². The molecule has 1 atom stereocenters. The molecule has 2 N–H and O–H groups in total. The molecule has 0 fully saturated rings. The minimum Gasteiger partial charge on any atom is -0.490 e. The third-order valence-electron chi connectivity index (χ3n) is 6.87. The van der Waals surface area contributed by atoms with Crippen LogP contribution in [0.1, 0.15) is 38.2 Å². The van der Waals surface area contributed by atoms with Crippen molar-refractivity contribution < 1.29 is 33.6 Å². The molecule has 0 aliphatic rings. The highest BCUT2D eigenvalue weighted by atomic mass is 16.6. The largest absolute Gasteiger partial charge is 0.490 e. The zero-order chi connectivity index (χ0) is 32.1. The van der Waals surface area contributed by atoms with Crippen molar-refractivity contribution in [3.05, 3.63) is 82.7 Å². The average Bonchev–Trinajstić information content (AvgIpc) is 3.05. The van der Waals surface area contributed by atoms with E-state index in [1.54, 1.807) is 29.2 Å². The van der Waals surface area contributed by atoms with E-state index in [9.17, 15) is 14.7 Å². The highest BCUT2D eigenvalue weighted by Crippen LogP contribution is 2.25. The standard InChI is InChI=1S/C33H43N5O7/c1-2-42-20-21-43-22-23-44-33(41)35-18-19-38(24-26-14-16-28(17-15-26)36-37-34)32(40)13-6-4-10-29(39)25-45-31-12-7-9-27-8-3-5-11-30(27)31/h3,5,7-9,11-12,14-17,29,39H,2,4,6,10,13,18-25H2,1H3,(H,35,41)/t29-/m0/s1. The first kappa shape index (κ1) is 35.1. The number of nitrogens with one attached hydrogen (secondary N) is 1. The Morgan fingerprint density at radius 2 is 1.73 bits per heavy atom. The van der Waals surface area contributed by atoms with Crippen molar-refractivity contribution in [3.8, 4) is 5.75 Å². The number of ether oxygens (including phenoxy) is 4. The van der Waals surface area contributed by atoms with E-state index in [-0.39, 0.29) is 45.2 Å². The van der Waals surface area contributed by atoms with Crippen LogP contribution < -0.4 is 10.1 Å². The van der Waals surface area contributed by atoms with Gasteiger partial charge in [-0.2, -0.15) is 0 Å². The van der Waals surface area contributed by atoms with Crippen LogP contribution >= 0.6 is 0 Å². The minimum atomic E-state index is -0.657. The summed E-state index contributed by atoms with van der Waals surface area (Å²) in [4.78, 5) is 29.7. The van der Waals surface area contributed by atoms with E-state index in [0.29, 0.717) is 51.3 Å². The van der Waals surface area contributed by atoms with Gasteiger partial charge in [-0.15, -0.1) is 0 Å². The van der Waals surface area contributed by atoms with Crippen molar-refractivity contribution in [1.29, 1.82) is 0 Å². The van der Waals surface area contributed by atoms with E-state index in [0.717, 1.165) is 22.1 Å². The van der Waals surface area contributed by atoms with Crippen molar-refractivity contribution in [2.75, 3.05) is 52.7 Å². The number of aliphatic hydroxyl groups is 1. The maximum atomic E-state index is 13.2. The van der Waals surface area contributed by atoms with Gasteiger partial charge in [0.05, 0.1) is 25.9 Å². The SMILES string of the molecule is CCOCCOCCOC(=O)NCCN(Cc1ccc(N=[N+]=[N-])cc1)C(=O)CCCC[C@H](O)COc1cccc2ccccc12. The van der Waals surface area contributed by atoms with Gasteiger partial charge in [-0.3, -0.25) is 4.79 Å². The maximum absolute atomic E-state index is 13.2. The first-order chi connectivity index (χ1) is 22.0. The van der Waals surface area contributed by atoms with Crippen LogP contribution in [0.3, 0.4) is 0 Å². The molecule has 0 heterocycles. The van der Waals surface area contributed by atoms with Crippen molar-refractivity contribution in [3.63, 3.8) is 0 Å². The first-order valence-electron chi connectivity index (χ1n) is 15.3. The number of carbonyl (C=O) groups is 2. The third kappa shape index (κ3) is 13.4. The molecule has 0 aromatic heterocycles. The fourth-order valence-electron chi connectivity index (χ4n) is 4.54. The lowest BCUT2D eigenvalue weighted by Crippen LogP contribution is -2.38. The Labute approximate surface area is 263 Å². The molecule has 3 aromatic carbocycles. The summed E-state index contributed by atoms with van der Waals surface area (Å²) in [6.07, 6.45) is 0.788. The lowest BCUT2D eigenvalue weighted by atomic mass is 10.1. The molecule has 45 heavy (non-hydrogen) atoms. The Balaban J connectivity index is 1.42. The normalized spacial score (nSPS) is 11.4. The number of carbonyl (C=O) groups excluding carboxylic acids is 2. The molecule has 0 spiro atoms. The van der Waals surface area contributed by atoms with Crippen LogP contribution in [0.2, 0.25) is 0 Å². The Morgan fingerprint density at radius 3 is 2.53 bits per heavy atom. The Morgan fingerprint density at radius 1 is 0.978 bits per heavy atom. The molecule has 242 valence electrons. The molecule has 0 bridgehead atoms. The number of unbranched alkanes of at least 4 members (excludes halogenated alkanes) is 1. The second-order valence-electron chi connectivity index (χ2n) is 10.2. The monoisotopic (exact) mass is 621 g/mol. The molecule has 0 saturated heterocycles. The lowest BCUT2D eigenvalue weighted by molar-refractivity contribution is -0.132. The topological polar surface area (TPSA) is 155 Å². The number of azide groups is 1. The van der Waals surface area contributed by atoms with Crippen LogP contribution in [0, 0.1) is 0 Å². The fraction of sp³-hybridized carbons (Fsp3) is 0.455. The number of hydrogen-bond donors (Lipinski definition) is 2. The smallest absolute Gasteiger partial charge is 0.407 e. The summed E-state index contributed by atoms with van der Waals surface area (Å²) in [5, 5.41) is 18.8. The predicted molar refractivity (Wildman–Crippen MR) is 171 cm³/mol. The van der Waals surface area contributed by atoms with Gasteiger partial charge in [0.15, 0.2) is 0 Å². The van der Waals surface area contributed by atoms with E-state index in [2.05, 4.69) is 15.3 Å². The summed E-state index contributed by atoms with van der Waals surface area (Å²) in [5.74, 6) is 0.655. The van der Waals surface area contributed by atoms with Gasteiger partial charge >= 0.3 is 6.09 Å². The average molecular weight is 622 g/mol. The Hall–Kier alpha value is -4.35. The Bertz CT molecular complexity index is 1360. The lowest BCUT2D eigenvalue weighted by Gasteiger charge is -2.23. The molecule has 3 rings (SSSR count). The number of fused-ring (bicyclic) bond motifs is 1. The summed E-state index contributed by atoms with van der Waals surface area (Å²) in [5.41, 5.74) is 9.98. The predicted octanol–water partition coefficient (Wildman–Crippen LogP) is 5.89. The minimum absolute atomic E-state index is 0.0755.